The maximum Gasteiger partial charge on any atom is 0.120 e. The van der Waals surface area contributed by atoms with Crippen LogP contribution < -0.4 is 9.47 Å². The molecule has 15 heavy (non-hydrogen) atoms. The van der Waals surface area contributed by atoms with Crippen molar-refractivity contribution in [1.82, 2.24) is 0 Å². The molecule has 0 aliphatic heterocycles. The molecule has 0 radical (unpaired) electrons. The molecule has 0 saturated heterocycles. The van der Waals surface area contributed by atoms with Crippen molar-refractivity contribution in [3.8, 4) is 11.5 Å². The normalized spacial score (nSPS) is 11.2. The summed E-state index contributed by atoms with van der Waals surface area (Å²) in [5.74, 6) is 1.59. The van der Waals surface area contributed by atoms with Crippen LogP contribution in [-0.4, -0.2) is 24.4 Å². The first kappa shape index (κ1) is 11.9. The number of hydrogen-bond donors (Lipinski definition) is 1. The van der Waals surface area contributed by atoms with Crippen LogP contribution in [0.3, 0.4) is 0 Å². The van der Waals surface area contributed by atoms with Crippen molar-refractivity contribution in [1.29, 1.82) is 0 Å². The molecular weight excluding hydrogens is 192 g/mol. The highest BCUT2D eigenvalue weighted by Gasteiger charge is 2.18. The van der Waals surface area contributed by atoms with Crippen molar-refractivity contribution in [3.63, 3.8) is 0 Å². The zero-order valence-electron chi connectivity index (χ0n) is 9.49. The van der Waals surface area contributed by atoms with E-state index in [9.17, 15) is 0 Å². The number of rotatable bonds is 5. The molecule has 0 aliphatic carbocycles. The van der Waals surface area contributed by atoms with Gasteiger partial charge in [0.2, 0.25) is 0 Å². The molecule has 0 bridgehead atoms. The second kappa shape index (κ2) is 5.03. The summed E-state index contributed by atoms with van der Waals surface area (Å²) < 4.78 is 10.8. The first-order valence-electron chi connectivity index (χ1n) is 5.01. The van der Waals surface area contributed by atoms with Crippen molar-refractivity contribution < 1.29 is 14.6 Å². The summed E-state index contributed by atoms with van der Waals surface area (Å²) in [5.41, 5.74) is -0.344. The average molecular weight is 210 g/mol. The van der Waals surface area contributed by atoms with Crippen LogP contribution in [0.5, 0.6) is 11.5 Å². The zero-order chi connectivity index (χ0) is 11.3. The molecule has 0 unspecified atom stereocenters. The lowest BCUT2D eigenvalue weighted by molar-refractivity contribution is 0.0764. The van der Waals surface area contributed by atoms with Gasteiger partial charge in [0.25, 0.3) is 0 Å². The maximum atomic E-state index is 8.86. The Hall–Kier alpha value is -1.22. The van der Waals surface area contributed by atoms with E-state index in [-0.39, 0.29) is 12.2 Å². The predicted molar refractivity (Wildman–Crippen MR) is 59.4 cm³/mol. The highest BCUT2D eigenvalue weighted by molar-refractivity contribution is 5.31. The van der Waals surface area contributed by atoms with Gasteiger partial charge in [0.05, 0.1) is 7.11 Å². The Morgan fingerprint density at radius 3 is 2.13 bits per heavy atom. The fraction of sp³-hybridized carbons (Fsp3) is 0.500. The molecule has 1 N–H and O–H groups in total. The number of ether oxygens (including phenoxy) is 2. The quantitative estimate of drug-likeness (QED) is 0.810. The molecule has 0 saturated carbocycles. The molecule has 3 heteroatoms. The van der Waals surface area contributed by atoms with Gasteiger partial charge in [-0.3, -0.25) is 0 Å². The van der Waals surface area contributed by atoms with Crippen LogP contribution in [0, 0.1) is 0 Å². The Morgan fingerprint density at radius 2 is 1.67 bits per heavy atom. The number of benzene rings is 1. The summed E-state index contributed by atoms with van der Waals surface area (Å²) in [6, 6.07) is 7.42. The monoisotopic (exact) mass is 210 g/mol. The molecule has 84 valence electrons. The number of aliphatic hydroxyl groups is 1. The summed E-state index contributed by atoms with van der Waals surface area (Å²) in [4.78, 5) is 0. The molecule has 1 aromatic rings. The third-order valence-corrected chi connectivity index (χ3v) is 2.17. The second-order valence-electron chi connectivity index (χ2n) is 4.01. The maximum absolute atomic E-state index is 8.86. The molecule has 1 aromatic carbocycles. The highest BCUT2D eigenvalue weighted by atomic mass is 16.5. The Kier molecular flexibility index (Phi) is 3.97. The van der Waals surface area contributed by atoms with Crippen LogP contribution >= 0.6 is 0 Å². The fourth-order valence-electron chi connectivity index (χ4n) is 1.28. The lowest BCUT2D eigenvalue weighted by Crippen LogP contribution is -2.29. The minimum atomic E-state index is -0.344. The smallest absolute Gasteiger partial charge is 0.120 e. The first-order chi connectivity index (χ1) is 7.07. The highest BCUT2D eigenvalue weighted by Crippen LogP contribution is 2.23. The van der Waals surface area contributed by atoms with Crippen molar-refractivity contribution in [3.05, 3.63) is 24.3 Å². The predicted octanol–water partition coefficient (Wildman–Crippen LogP) is 2.24. The molecule has 0 atom stereocenters. The summed E-state index contributed by atoms with van der Waals surface area (Å²) in [7, 11) is 1.63. The largest absolute Gasteiger partial charge is 0.497 e. The minimum Gasteiger partial charge on any atom is -0.497 e. The van der Waals surface area contributed by atoms with Crippen molar-refractivity contribution >= 4 is 0 Å². The zero-order valence-corrected chi connectivity index (χ0v) is 9.49. The molecule has 0 fully saturated rings. The van der Waals surface area contributed by atoms with Crippen molar-refractivity contribution in [2.24, 2.45) is 0 Å². The number of aliphatic hydroxyl groups excluding tert-OH is 1. The summed E-state index contributed by atoms with van der Waals surface area (Å²) in [6.45, 7) is 4.03. The standard InChI is InChI=1S/C12H18O3/c1-12(2,8-9-13)15-11-6-4-10(14-3)5-7-11/h4-7,13H,8-9H2,1-3H3. The lowest BCUT2D eigenvalue weighted by Gasteiger charge is -2.25. The average Bonchev–Trinajstić information content (AvgIpc) is 2.18. The third-order valence-electron chi connectivity index (χ3n) is 2.17. The lowest BCUT2D eigenvalue weighted by atomic mass is 10.1. The Balaban J connectivity index is 2.64. The van der Waals surface area contributed by atoms with Gasteiger partial charge >= 0.3 is 0 Å². The Labute approximate surface area is 90.6 Å². The van der Waals surface area contributed by atoms with E-state index >= 15 is 0 Å². The third kappa shape index (κ3) is 3.80. The van der Waals surface area contributed by atoms with Gasteiger partial charge in [-0.15, -0.1) is 0 Å². The van der Waals surface area contributed by atoms with Gasteiger partial charge < -0.3 is 14.6 Å². The van der Waals surface area contributed by atoms with Gasteiger partial charge in [0.15, 0.2) is 0 Å². The van der Waals surface area contributed by atoms with Crippen LogP contribution in [0.2, 0.25) is 0 Å². The number of methoxy groups -OCH3 is 1. The molecule has 0 aliphatic rings. The van der Waals surface area contributed by atoms with E-state index in [4.69, 9.17) is 14.6 Å². The molecular formula is C12H18O3. The van der Waals surface area contributed by atoms with Gasteiger partial charge in [-0.05, 0) is 38.1 Å². The van der Waals surface area contributed by atoms with Gasteiger partial charge in [-0.1, -0.05) is 0 Å². The van der Waals surface area contributed by atoms with Crippen LogP contribution in [0.15, 0.2) is 24.3 Å². The van der Waals surface area contributed by atoms with E-state index in [2.05, 4.69) is 0 Å². The van der Waals surface area contributed by atoms with Crippen LogP contribution in [0.4, 0.5) is 0 Å². The number of hydrogen-bond acceptors (Lipinski definition) is 3. The van der Waals surface area contributed by atoms with Gasteiger partial charge in [0, 0.05) is 13.0 Å². The van der Waals surface area contributed by atoms with E-state index in [0.29, 0.717) is 6.42 Å². The molecule has 1 rings (SSSR count). The minimum absolute atomic E-state index is 0.128. The van der Waals surface area contributed by atoms with Gasteiger partial charge in [-0.2, -0.15) is 0 Å². The van der Waals surface area contributed by atoms with Crippen molar-refractivity contribution in [2.75, 3.05) is 13.7 Å². The molecule has 3 nitrogen and oxygen atoms in total. The van der Waals surface area contributed by atoms with Crippen LogP contribution in [0.1, 0.15) is 20.3 Å². The van der Waals surface area contributed by atoms with Gasteiger partial charge in [-0.25, -0.2) is 0 Å². The summed E-state index contributed by atoms with van der Waals surface area (Å²) in [5, 5.41) is 8.86. The summed E-state index contributed by atoms with van der Waals surface area (Å²) in [6.07, 6.45) is 0.610. The van der Waals surface area contributed by atoms with Crippen LogP contribution in [0.25, 0.3) is 0 Å². The second-order valence-corrected chi connectivity index (χ2v) is 4.01. The van der Waals surface area contributed by atoms with E-state index in [1.165, 1.54) is 0 Å². The van der Waals surface area contributed by atoms with Gasteiger partial charge in [0.1, 0.15) is 17.1 Å². The van der Waals surface area contributed by atoms with E-state index in [0.717, 1.165) is 11.5 Å². The Morgan fingerprint density at radius 1 is 1.13 bits per heavy atom. The topological polar surface area (TPSA) is 38.7 Å². The molecule has 0 aromatic heterocycles. The summed E-state index contributed by atoms with van der Waals surface area (Å²) >= 11 is 0. The first-order valence-corrected chi connectivity index (χ1v) is 5.01. The van der Waals surface area contributed by atoms with Crippen LogP contribution in [-0.2, 0) is 0 Å². The fourth-order valence-corrected chi connectivity index (χ4v) is 1.28. The molecule has 0 amide bonds. The molecule has 0 heterocycles. The van der Waals surface area contributed by atoms with Crippen molar-refractivity contribution in [2.45, 2.75) is 25.9 Å². The molecule has 0 spiro atoms. The van der Waals surface area contributed by atoms with E-state index in [1.807, 2.05) is 38.1 Å². The Bertz CT molecular complexity index is 290. The van der Waals surface area contributed by atoms with E-state index < -0.39 is 0 Å². The van der Waals surface area contributed by atoms with E-state index in [1.54, 1.807) is 7.11 Å². The SMILES string of the molecule is COc1ccc(OC(C)(C)CCO)cc1.